The van der Waals surface area contributed by atoms with Crippen LogP contribution in [0.15, 0.2) is 6.20 Å². The van der Waals surface area contributed by atoms with Crippen LogP contribution in [0, 0.1) is 0 Å². The minimum atomic E-state index is -2.98. The predicted molar refractivity (Wildman–Crippen MR) is 63.2 cm³/mol. The van der Waals surface area contributed by atoms with Gasteiger partial charge in [0.05, 0.1) is 0 Å². The molecule has 0 aromatic carbocycles. The fourth-order valence-electron chi connectivity index (χ4n) is 1.89. The smallest absolute Gasteiger partial charge is 0.339 e. The molecule has 0 atom stereocenters. The Bertz CT molecular complexity index is 454. The van der Waals surface area contributed by atoms with Gasteiger partial charge in [0.15, 0.2) is 5.82 Å². The van der Waals surface area contributed by atoms with E-state index in [0.717, 1.165) is 6.20 Å². The molecule has 0 aliphatic heterocycles. The molecule has 5 nitrogen and oxygen atoms in total. The molecule has 1 aromatic rings. The summed E-state index contributed by atoms with van der Waals surface area (Å²) >= 11 is 0. The second-order valence-electron chi connectivity index (χ2n) is 4.00. The number of ether oxygens (including phenoxy) is 1. The van der Waals surface area contributed by atoms with Crippen molar-refractivity contribution in [1.29, 1.82) is 0 Å². The van der Waals surface area contributed by atoms with Crippen LogP contribution in [0.1, 0.15) is 55.0 Å². The lowest BCUT2D eigenvalue weighted by molar-refractivity contribution is -0.0298. The summed E-state index contributed by atoms with van der Waals surface area (Å²) in [4.78, 5) is 18.4. The van der Waals surface area contributed by atoms with Gasteiger partial charge in [0.2, 0.25) is 0 Å². The molecule has 0 aliphatic carbocycles. The number of carbonyl (C=O) groups is 1. The molecule has 0 unspecified atom stereocenters. The van der Waals surface area contributed by atoms with Crippen molar-refractivity contribution in [1.82, 2.24) is 9.97 Å². The predicted octanol–water partition coefficient (Wildman–Crippen LogP) is 2.77. The quantitative estimate of drug-likeness (QED) is 0.863. The third-order valence-electron chi connectivity index (χ3n) is 3.20. The number of hydrogen-bond donors (Lipinski definition) is 1. The maximum atomic E-state index is 12.9. The van der Waals surface area contributed by atoms with Crippen molar-refractivity contribution >= 4 is 5.97 Å². The molecule has 7 heteroatoms. The molecule has 19 heavy (non-hydrogen) atoms. The average molecular weight is 274 g/mol. The van der Waals surface area contributed by atoms with E-state index in [9.17, 15) is 13.6 Å². The van der Waals surface area contributed by atoms with Crippen molar-refractivity contribution in [2.24, 2.45) is 0 Å². The zero-order valence-electron chi connectivity index (χ0n) is 11.0. The van der Waals surface area contributed by atoms with Crippen LogP contribution in [0.2, 0.25) is 0 Å². The maximum Gasteiger partial charge on any atom is 0.339 e. The second kappa shape index (κ2) is 6.01. The molecular formula is C12H16F2N2O3. The summed E-state index contributed by atoms with van der Waals surface area (Å²) in [5, 5.41) is 8.84. The van der Waals surface area contributed by atoms with E-state index < -0.39 is 29.3 Å². The number of rotatable bonds is 6. The first-order valence-corrected chi connectivity index (χ1v) is 5.85. The van der Waals surface area contributed by atoms with Crippen LogP contribution < -0.4 is 0 Å². The van der Waals surface area contributed by atoms with Crippen LogP contribution in [0.5, 0.6) is 0 Å². The molecule has 1 rings (SSSR count). The summed E-state index contributed by atoms with van der Waals surface area (Å²) in [6.45, 7) is 3.65. The Labute approximate surface area is 109 Å². The Balaban J connectivity index is 3.40. The van der Waals surface area contributed by atoms with Gasteiger partial charge in [-0.15, -0.1) is 0 Å². The Hall–Kier alpha value is -1.63. The lowest BCUT2D eigenvalue weighted by atomic mass is 9.95. The molecule has 1 aromatic heterocycles. The number of nitrogens with zero attached hydrogens (tertiary/aromatic N) is 2. The average Bonchev–Trinajstić information content (AvgIpc) is 2.41. The summed E-state index contributed by atoms with van der Waals surface area (Å²) in [6, 6.07) is 0. The van der Waals surface area contributed by atoms with Crippen molar-refractivity contribution in [3.63, 3.8) is 0 Å². The molecule has 0 bridgehead atoms. The summed E-state index contributed by atoms with van der Waals surface area (Å²) in [6.07, 6.45) is -1.08. The van der Waals surface area contributed by atoms with Crippen molar-refractivity contribution in [3.8, 4) is 0 Å². The van der Waals surface area contributed by atoms with Gasteiger partial charge in [0.1, 0.15) is 16.9 Å². The minimum absolute atomic E-state index is 0.0836. The highest BCUT2D eigenvalue weighted by atomic mass is 19.3. The molecule has 0 aliphatic rings. The fraction of sp³-hybridized carbons (Fsp3) is 0.583. The van der Waals surface area contributed by atoms with E-state index in [2.05, 4.69) is 9.97 Å². The molecule has 0 spiro atoms. The first-order chi connectivity index (χ1) is 8.91. The van der Waals surface area contributed by atoms with E-state index >= 15 is 0 Å². The van der Waals surface area contributed by atoms with Crippen molar-refractivity contribution in [2.75, 3.05) is 7.11 Å². The number of hydrogen-bond acceptors (Lipinski definition) is 4. The molecule has 106 valence electrons. The second-order valence-corrected chi connectivity index (χ2v) is 4.00. The molecule has 0 fully saturated rings. The van der Waals surface area contributed by atoms with Gasteiger partial charge in [0, 0.05) is 13.3 Å². The van der Waals surface area contributed by atoms with Gasteiger partial charge >= 0.3 is 5.97 Å². The van der Waals surface area contributed by atoms with Gasteiger partial charge in [-0.1, -0.05) is 13.8 Å². The number of alkyl halides is 2. The molecule has 1 N–H and O–H groups in total. The highest BCUT2D eigenvalue weighted by Gasteiger charge is 2.33. The zero-order valence-corrected chi connectivity index (χ0v) is 11.0. The van der Waals surface area contributed by atoms with E-state index in [1.165, 1.54) is 7.11 Å². The minimum Gasteiger partial charge on any atom is -0.478 e. The van der Waals surface area contributed by atoms with Gasteiger partial charge in [-0.25, -0.2) is 23.5 Å². The van der Waals surface area contributed by atoms with E-state index in [4.69, 9.17) is 9.84 Å². The summed E-state index contributed by atoms with van der Waals surface area (Å²) in [5.74, 6) is -1.39. The summed E-state index contributed by atoms with van der Waals surface area (Å²) in [5.41, 5.74) is -2.24. The first kappa shape index (κ1) is 15.4. The van der Waals surface area contributed by atoms with Crippen molar-refractivity contribution in [2.45, 2.75) is 38.7 Å². The van der Waals surface area contributed by atoms with Crippen LogP contribution in [0.4, 0.5) is 8.78 Å². The van der Waals surface area contributed by atoms with Crippen LogP contribution in [0.3, 0.4) is 0 Å². The molecule has 0 amide bonds. The molecular weight excluding hydrogens is 258 g/mol. The van der Waals surface area contributed by atoms with Crippen molar-refractivity contribution < 1.29 is 23.4 Å². The standard InChI is InChI=1S/C12H16F2N2O3/c1-4-12(5-2,19-3)11-15-6-7(10(17)18)8(16-11)9(13)14/h6,9H,4-5H2,1-3H3,(H,17,18). The first-order valence-electron chi connectivity index (χ1n) is 5.85. The van der Waals surface area contributed by atoms with Crippen molar-refractivity contribution in [3.05, 3.63) is 23.3 Å². The number of halogens is 2. The zero-order chi connectivity index (χ0) is 14.6. The Morgan fingerprint density at radius 2 is 2.05 bits per heavy atom. The third-order valence-corrected chi connectivity index (χ3v) is 3.20. The van der Waals surface area contributed by atoms with Gasteiger partial charge < -0.3 is 9.84 Å². The molecule has 0 saturated carbocycles. The lowest BCUT2D eigenvalue weighted by Gasteiger charge is -2.28. The summed E-state index contributed by atoms with van der Waals surface area (Å²) in [7, 11) is 1.45. The third kappa shape index (κ3) is 2.86. The Kier molecular flexibility index (Phi) is 4.88. The number of carboxylic acid groups (broad SMARTS) is 1. The van der Waals surface area contributed by atoms with Gasteiger partial charge in [-0.05, 0) is 12.8 Å². The molecule has 0 saturated heterocycles. The van der Waals surface area contributed by atoms with Gasteiger partial charge in [-0.3, -0.25) is 0 Å². The highest BCUT2D eigenvalue weighted by molar-refractivity contribution is 5.88. The molecule has 0 radical (unpaired) electrons. The van der Waals surface area contributed by atoms with E-state index in [-0.39, 0.29) is 5.82 Å². The van der Waals surface area contributed by atoms with Crippen LogP contribution in [0.25, 0.3) is 0 Å². The molecule has 1 heterocycles. The van der Waals surface area contributed by atoms with E-state index in [1.807, 2.05) is 13.8 Å². The Morgan fingerprint density at radius 1 is 1.47 bits per heavy atom. The SMILES string of the molecule is CCC(CC)(OC)c1ncc(C(=O)O)c(C(F)F)n1. The van der Waals surface area contributed by atoms with E-state index in [1.54, 1.807) is 0 Å². The summed E-state index contributed by atoms with van der Waals surface area (Å²) < 4.78 is 31.1. The highest BCUT2D eigenvalue weighted by Crippen LogP contribution is 2.31. The largest absolute Gasteiger partial charge is 0.478 e. The topological polar surface area (TPSA) is 72.3 Å². The number of carboxylic acids is 1. The lowest BCUT2D eigenvalue weighted by Crippen LogP contribution is -2.30. The maximum absolute atomic E-state index is 12.9. The van der Waals surface area contributed by atoms with Crippen LogP contribution in [-0.2, 0) is 10.3 Å². The van der Waals surface area contributed by atoms with E-state index in [0.29, 0.717) is 12.8 Å². The normalized spacial score (nSPS) is 11.9. The van der Waals surface area contributed by atoms with Crippen LogP contribution in [-0.4, -0.2) is 28.2 Å². The monoisotopic (exact) mass is 274 g/mol. The number of aromatic nitrogens is 2. The number of aromatic carboxylic acids is 1. The van der Waals surface area contributed by atoms with Gasteiger partial charge in [-0.2, -0.15) is 0 Å². The Morgan fingerprint density at radius 3 is 2.42 bits per heavy atom. The number of methoxy groups -OCH3 is 1. The van der Waals surface area contributed by atoms with Gasteiger partial charge in [0.25, 0.3) is 6.43 Å². The van der Waals surface area contributed by atoms with Crippen LogP contribution >= 0.6 is 0 Å². The fourth-order valence-corrected chi connectivity index (χ4v) is 1.89.